The van der Waals surface area contributed by atoms with Gasteiger partial charge in [0, 0.05) is 12.1 Å². The molecular weight excluding hydrogens is 258 g/mol. The molecule has 0 saturated carbocycles. The van der Waals surface area contributed by atoms with Gasteiger partial charge in [0.15, 0.2) is 0 Å². The Labute approximate surface area is 126 Å². The summed E-state index contributed by atoms with van der Waals surface area (Å²) in [6, 6.07) is 10.7. The third-order valence-electron chi connectivity index (χ3n) is 4.06. The van der Waals surface area contributed by atoms with E-state index in [0.717, 1.165) is 18.5 Å². The predicted octanol–water partition coefficient (Wildman–Crippen LogP) is 4.56. The lowest BCUT2D eigenvalue weighted by atomic mass is 10.0. The number of fused-ring (bicyclic) bond motifs is 1. The number of allylic oxidation sites excluding steroid dienone is 2. The third kappa shape index (κ3) is 2.72. The Hall–Kier alpha value is -2.06. The van der Waals surface area contributed by atoms with Crippen molar-refractivity contribution in [3.05, 3.63) is 65.1 Å². The molecular formula is C19H21NO. The molecule has 0 fully saturated rings. The standard InChI is InChI=1S/C19H21NO/c1-14-16(8-10-20(2)3)17-6-4-5-7-18(17)19(14)12-15-9-11-21-13-15/h4-7,9,11-13H,8,10H2,1-3H3/b19-12-. The van der Waals surface area contributed by atoms with E-state index in [1.54, 1.807) is 12.5 Å². The molecule has 3 rings (SSSR count). The zero-order valence-corrected chi connectivity index (χ0v) is 12.9. The second kappa shape index (κ2) is 5.74. The molecule has 1 aliphatic rings. The summed E-state index contributed by atoms with van der Waals surface area (Å²) in [7, 11) is 4.25. The number of furan rings is 1. The lowest BCUT2D eigenvalue weighted by Gasteiger charge is -2.11. The number of benzene rings is 1. The van der Waals surface area contributed by atoms with Crippen LogP contribution in [0.4, 0.5) is 0 Å². The Morgan fingerprint density at radius 1 is 1.10 bits per heavy atom. The van der Waals surface area contributed by atoms with E-state index in [4.69, 9.17) is 4.42 Å². The molecule has 2 nitrogen and oxygen atoms in total. The fraction of sp³-hybridized carbons (Fsp3) is 0.263. The van der Waals surface area contributed by atoms with Crippen molar-refractivity contribution in [2.45, 2.75) is 13.3 Å². The second-order valence-corrected chi connectivity index (χ2v) is 5.82. The van der Waals surface area contributed by atoms with Crippen molar-refractivity contribution in [2.75, 3.05) is 20.6 Å². The fourth-order valence-corrected chi connectivity index (χ4v) is 2.92. The van der Waals surface area contributed by atoms with E-state index in [2.05, 4.69) is 56.3 Å². The van der Waals surface area contributed by atoms with Crippen molar-refractivity contribution in [1.82, 2.24) is 4.90 Å². The number of nitrogens with zero attached hydrogens (tertiary/aromatic N) is 1. The lowest BCUT2D eigenvalue weighted by molar-refractivity contribution is 0.419. The van der Waals surface area contributed by atoms with Crippen LogP contribution in [0, 0.1) is 0 Å². The summed E-state index contributed by atoms with van der Waals surface area (Å²) >= 11 is 0. The molecule has 1 aromatic heterocycles. The first-order chi connectivity index (χ1) is 10.2. The Bertz CT molecular complexity index is 690. The molecule has 0 N–H and O–H groups in total. The first-order valence-electron chi connectivity index (χ1n) is 7.35. The van der Waals surface area contributed by atoms with Crippen molar-refractivity contribution in [2.24, 2.45) is 0 Å². The molecule has 2 aromatic rings. The van der Waals surface area contributed by atoms with Gasteiger partial charge in [-0.2, -0.15) is 0 Å². The van der Waals surface area contributed by atoms with E-state index in [1.807, 2.05) is 6.07 Å². The maximum absolute atomic E-state index is 5.19. The van der Waals surface area contributed by atoms with Crippen LogP contribution in [0.15, 0.2) is 52.8 Å². The van der Waals surface area contributed by atoms with Gasteiger partial charge in [-0.3, -0.25) is 0 Å². The molecule has 0 saturated heterocycles. The monoisotopic (exact) mass is 279 g/mol. The molecule has 0 amide bonds. The lowest BCUT2D eigenvalue weighted by Crippen LogP contribution is -2.13. The van der Waals surface area contributed by atoms with Crippen molar-refractivity contribution < 1.29 is 4.42 Å². The minimum Gasteiger partial charge on any atom is -0.472 e. The molecule has 2 heteroatoms. The topological polar surface area (TPSA) is 16.4 Å². The summed E-state index contributed by atoms with van der Waals surface area (Å²) in [6.45, 7) is 3.30. The number of hydrogen-bond acceptors (Lipinski definition) is 2. The van der Waals surface area contributed by atoms with Gasteiger partial charge in [0.2, 0.25) is 0 Å². The first-order valence-corrected chi connectivity index (χ1v) is 7.35. The van der Waals surface area contributed by atoms with Crippen molar-refractivity contribution in [1.29, 1.82) is 0 Å². The zero-order chi connectivity index (χ0) is 14.8. The molecule has 0 unspecified atom stereocenters. The maximum atomic E-state index is 5.19. The van der Waals surface area contributed by atoms with Crippen LogP contribution in [-0.4, -0.2) is 25.5 Å². The van der Waals surface area contributed by atoms with Crippen molar-refractivity contribution in [3.63, 3.8) is 0 Å². The predicted molar refractivity (Wildman–Crippen MR) is 88.8 cm³/mol. The maximum Gasteiger partial charge on any atom is 0.0975 e. The van der Waals surface area contributed by atoms with E-state index in [1.165, 1.54) is 27.8 Å². The summed E-state index contributed by atoms with van der Waals surface area (Å²) in [4.78, 5) is 2.24. The van der Waals surface area contributed by atoms with Gasteiger partial charge in [-0.05, 0) is 67.4 Å². The third-order valence-corrected chi connectivity index (χ3v) is 4.06. The van der Waals surface area contributed by atoms with E-state index >= 15 is 0 Å². The molecule has 0 bridgehead atoms. The minimum absolute atomic E-state index is 1.07. The first kappa shape index (κ1) is 13.9. The molecule has 1 heterocycles. The molecule has 1 aliphatic carbocycles. The van der Waals surface area contributed by atoms with Crippen molar-refractivity contribution in [3.8, 4) is 0 Å². The highest BCUT2D eigenvalue weighted by atomic mass is 16.3. The summed E-state index contributed by atoms with van der Waals surface area (Å²) in [5.74, 6) is 0. The molecule has 1 aromatic carbocycles. The van der Waals surface area contributed by atoms with Crippen LogP contribution in [0.2, 0.25) is 0 Å². The van der Waals surface area contributed by atoms with Crippen LogP contribution in [0.1, 0.15) is 30.0 Å². The van der Waals surface area contributed by atoms with E-state index in [0.29, 0.717) is 0 Å². The van der Waals surface area contributed by atoms with Crippen LogP contribution in [0.25, 0.3) is 17.2 Å². The highest BCUT2D eigenvalue weighted by Gasteiger charge is 2.22. The summed E-state index contributed by atoms with van der Waals surface area (Å²) in [6.07, 6.45) is 6.82. The quantitative estimate of drug-likeness (QED) is 0.815. The van der Waals surface area contributed by atoms with Crippen LogP contribution >= 0.6 is 0 Å². The average Bonchev–Trinajstić information content (AvgIpc) is 3.06. The molecule has 0 atom stereocenters. The van der Waals surface area contributed by atoms with Crippen LogP contribution in [0.3, 0.4) is 0 Å². The van der Waals surface area contributed by atoms with Crippen molar-refractivity contribution >= 4 is 17.2 Å². The van der Waals surface area contributed by atoms with Gasteiger partial charge < -0.3 is 9.32 Å². The summed E-state index contributed by atoms with van der Waals surface area (Å²) < 4.78 is 5.19. The zero-order valence-electron chi connectivity index (χ0n) is 12.9. The van der Waals surface area contributed by atoms with Gasteiger partial charge in [-0.25, -0.2) is 0 Å². The van der Waals surface area contributed by atoms with Gasteiger partial charge in [-0.1, -0.05) is 24.3 Å². The molecule has 0 spiro atoms. The second-order valence-electron chi connectivity index (χ2n) is 5.82. The molecule has 108 valence electrons. The Kier molecular flexibility index (Phi) is 3.80. The van der Waals surface area contributed by atoms with E-state index in [-0.39, 0.29) is 0 Å². The Morgan fingerprint density at radius 2 is 1.86 bits per heavy atom. The minimum atomic E-state index is 1.07. The van der Waals surface area contributed by atoms with Crippen LogP contribution in [-0.2, 0) is 0 Å². The van der Waals surface area contributed by atoms with Gasteiger partial charge in [0.05, 0.1) is 12.5 Å². The Morgan fingerprint density at radius 3 is 2.52 bits per heavy atom. The van der Waals surface area contributed by atoms with E-state index < -0.39 is 0 Å². The summed E-state index contributed by atoms with van der Waals surface area (Å²) in [5.41, 5.74) is 8.01. The van der Waals surface area contributed by atoms with Crippen LogP contribution < -0.4 is 0 Å². The molecule has 21 heavy (non-hydrogen) atoms. The Balaban J connectivity index is 2.04. The smallest absolute Gasteiger partial charge is 0.0975 e. The number of rotatable bonds is 4. The van der Waals surface area contributed by atoms with Gasteiger partial charge in [-0.15, -0.1) is 0 Å². The van der Waals surface area contributed by atoms with Gasteiger partial charge in [0.1, 0.15) is 0 Å². The largest absolute Gasteiger partial charge is 0.472 e. The van der Waals surface area contributed by atoms with Crippen LogP contribution in [0.5, 0.6) is 0 Å². The normalized spacial score (nSPS) is 16.1. The van der Waals surface area contributed by atoms with Gasteiger partial charge >= 0.3 is 0 Å². The van der Waals surface area contributed by atoms with E-state index in [9.17, 15) is 0 Å². The molecule has 0 aliphatic heterocycles. The number of hydrogen-bond donors (Lipinski definition) is 0. The average molecular weight is 279 g/mol. The SMILES string of the molecule is CC1=C(CCN(C)C)c2ccccc2/C1=C\c1ccoc1. The molecule has 0 radical (unpaired) electrons. The highest BCUT2D eigenvalue weighted by Crippen LogP contribution is 2.43. The summed E-state index contributed by atoms with van der Waals surface area (Å²) in [5, 5.41) is 0. The fourth-order valence-electron chi connectivity index (χ4n) is 2.92. The highest BCUT2D eigenvalue weighted by molar-refractivity contribution is 6.05. The van der Waals surface area contributed by atoms with Gasteiger partial charge in [0.25, 0.3) is 0 Å².